The SMILES string of the molecule is CO.C[B-](F)(F)F.[K+]. The Labute approximate surface area is 89.1 Å². The van der Waals surface area contributed by atoms with E-state index in [4.69, 9.17) is 5.11 Å². The minimum atomic E-state index is -4.50. The monoisotopic (exact) mass is 154 g/mol. The van der Waals surface area contributed by atoms with E-state index >= 15 is 0 Å². The van der Waals surface area contributed by atoms with Crippen LogP contribution in [0.1, 0.15) is 0 Å². The summed E-state index contributed by atoms with van der Waals surface area (Å²) in [5.74, 6) is 0. The van der Waals surface area contributed by atoms with Gasteiger partial charge in [0.05, 0.1) is 0 Å². The molecule has 0 bridgehead atoms. The van der Waals surface area contributed by atoms with Crippen LogP contribution >= 0.6 is 0 Å². The van der Waals surface area contributed by atoms with Crippen LogP contribution in [0.2, 0.25) is 6.82 Å². The third kappa shape index (κ3) is 147. The topological polar surface area (TPSA) is 20.2 Å². The quantitative estimate of drug-likeness (QED) is 0.403. The first kappa shape index (κ1) is 16.2. The van der Waals surface area contributed by atoms with E-state index in [9.17, 15) is 12.9 Å². The molecule has 0 saturated heterocycles. The van der Waals surface area contributed by atoms with Gasteiger partial charge in [-0.1, -0.05) is 6.82 Å². The molecule has 8 heavy (non-hydrogen) atoms. The van der Waals surface area contributed by atoms with Gasteiger partial charge in [0.15, 0.2) is 0 Å². The van der Waals surface area contributed by atoms with Crippen molar-refractivity contribution in [2.75, 3.05) is 7.11 Å². The Hall–Kier alpha value is 1.45. The van der Waals surface area contributed by atoms with Crippen LogP contribution in [0.4, 0.5) is 12.9 Å². The number of aliphatic hydroxyl groups is 1. The van der Waals surface area contributed by atoms with Crippen LogP contribution in [-0.4, -0.2) is 19.2 Å². The molecule has 0 aliphatic carbocycles. The van der Waals surface area contributed by atoms with Crippen LogP contribution in [-0.2, 0) is 0 Å². The molecular weight excluding hydrogens is 147 g/mol. The summed E-state index contributed by atoms with van der Waals surface area (Å²) in [5.41, 5.74) is 0. The molecule has 0 amide bonds. The molecule has 0 radical (unpaired) electrons. The van der Waals surface area contributed by atoms with Crippen LogP contribution in [0.5, 0.6) is 0 Å². The Kier molecular flexibility index (Phi) is 17.1. The van der Waals surface area contributed by atoms with Crippen molar-refractivity contribution in [1.29, 1.82) is 0 Å². The standard InChI is InChI=1S/CH3BF3.CH4O.K/c1-2(3,4)5;1-2;/h1H3;2H,1H3;/q-1;;+1. The zero-order valence-corrected chi connectivity index (χ0v) is 8.28. The molecular formula is C2H7BF3KO. The van der Waals surface area contributed by atoms with Crippen molar-refractivity contribution < 1.29 is 69.4 Å². The minimum absolute atomic E-state index is 0. The van der Waals surface area contributed by atoms with Crippen molar-refractivity contribution in [2.24, 2.45) is 0 Å². The summed E-state index contributed by atoms with van der Waals surface area (Å²) in [7, 11) is 1.00. The molecule has 0 atom stereocenters. The molecule has 0 spiro atoms. The van der Waals surface area contributed by atoms with Gasteiger partial charge in [-0.15, -0.1) is 0 Å². The summed E-state index contributed by atoms with van der Waals surface area (Å²) in [6.45, 7) is -4.25. The van der Waals surface area contributed by atoms with Gasteiger partial charge < -0.3 is 18.1 Å². The van der Waals surface area contributed by atoms with Crippen LogP contribution < -0.4 is 51.4 Å². The van der Waals surface area contributed by atoms with E-state index in [0.29, 0.717) is 0 Å². The van der Waals surface area contributed by atoms with Crippen molar-refractivity contribution >= 4 is 6.98 Å². The molecule has 46 valence electrons. The van der Waals surface area contributed by atoms with Crippen LogP contribution in [0.15, 0.2) is 0 Å². The van der Waals surface area contributed by atoms with Crippen LogP contribution in [0.25, 0.3) is 0 Å². The molecule has 0 aromatic heterocycles. The van der Waals surface area contributed by atoms with Gasteiger partial charge in [-0.3, -0.25) is 0 Å². The van der Waals surface area contributed by atoms with Crippen LogP contribution in [0.3, 0.4) is 0 Å². The molecule has 0 heterocycles. The van der Waals surface area contributed by atoms with Crippen LogP contribution in [0, 0.1) is 0 Å². The Bertz CT molecular complexity index is 32.8. The summed E-state index contributed by atoms with van der Waals surface area (Å²) in [6.07, 6.45) is 0. The number of halogens is 3. The number of rotatable bonds is 0. The zero-order valence-electron chi connectivity index (χ0n) is 5.16. The van der Waals surface area contributed by atoms with Crippen molar-refractivity contribution in [3.8, 4) is 0 Å². The summed E-state index contributed by atoms with van der Waals surface area (Å²) in [6, 6.07) is 0. The molecule has 0 unspecified atom stereocenters. The van der Waals surface area contributed by atoms with Gasteiger partial charge in [0.1, 0.15) is 0 Å². The van der Waals surface area contributed by atoms with Gasteiger partial charge in [0.25, 0.3) is 0 Å². The van der Waals surface area contributed by atoms with Crippen molar-refractivity contribution in [1.82, 2.24) is 0 Å². The predicted octanol–water partition coefficient (Wildman–Crippen LogP) is -1.92. The molecule has 0 aromatic carbocycles. The summed E-state index contributed by atoms with van der Waals surface area (Å²) >= 11 is 0. The maximum Gasteiger partial charge on any atom is 1.00 e. The molecule has 0 saturated carbocycles. The number of hydrogen-bond acceptors (Lipinski definition) is 1. The van der Waals surface area contributed by atoms with E-state index in [2.05, 4.69) is 0 Å². The normalized spacial score (nSPS) is 8.25. The molecule has 6 heteroatoms. The van der Waals surface area contributed by atoms with E-state index in [0.717, 1.165) is 7.11 Å². The third-order valence-electron chi connectivity index (χ3n) is 0. The molecule has 0 aliphatic rings. The summed E-state index contributed by atoms with van der Waals surface area (Å²) in [5, 5.41) is 7.00. The smallest absolute Gasteiger partial charge is 0.449 e. The van der Waals surface area contributed by atoms with Gasteiger partial charge >= 0.3 is 58.4 Å². The van der Waals surface area contributed by atoms with Gasteiger partial charge in [0.2, 0.25) is 0 Å². The fourth-order valence-corrected chi connectivity index (χ4v) is 0. The average molecular weight is 154 g/mol. The van der Waals surface area contributed by atoms with Gasteiger partial charge in [-0.25, -0.2) is 0 Å². The van der Waals surface area contributed by atoms with E-state index < -0.39 is 6.98 Å². The second-order valence-electron chi connectivity index (χ2n) is 0.902. The fraction of sp³-hybridized carbons (Fsp3) is 1.00. The summed E-state index contributed by atoms with van der Waals surface area (Å²) < 4.78 is 31.2. The Morgan fingerprint density at radius 1 is 1.12 bits per heavy atom. The zero-order chi connectivity index (χ0) is 6.50. The number of aliphatic hydroxyl groups excluding tert-OH is 1. The maximum absolute atomic E-state index is 10.4. The first-order valence-electron chi connectivity index (χ1n) is 1.68. The van der Waals surface area contributed by atoms with Gasteiger partial charge in [-0.2, -0.15) is 0 Å². The first-order chi connectivity index (χ1) is 3.00. The first-order valence-corrected chi connectivity index (χ1v) is 1.68. The average Bonchev–Trinajstić information content (AvgIpc) is 1.36. The Balaban J connectivity index is -0.0000000750. The van der Waals surface area contributed by atoms with Crippen molar-refractivity contribution in [3.63, 3.8) is 0 Å². The Morgan fingerprint density at radius 3 is 1.12 bits per heavy atom. The van der Waals surface area contributed by atoms with E-state index in [-0.39, 0.29) is 58.2 Å². The van der Waals surface area contributed by atoms with E-state index in [1.807, 2.05) is 0 Å². The van der Waals surface area contributed by atoms with Gasteiger partial charge in [0, 0.05) is 7.11 Å². The molecule has 1 N–H and O–H groups in total. The van der Waals surface area contributed by atoms with E-state index in [1.54, 1.807) is 0 Å². The molecule has 0 rings (SSSR count). The molecule has 0 fully saturated rings. The van der Waals surface area contributed by atoms with Gasteiger partial charge in [-0.05, 0) is 0 Å². The maximum atomic E-state index is 10.4. The fourth-order valence-electron chi connectivity index (χ4n) is 0. The second-order valence-corrected chi connectivity index (χ2v) is 0.902. The molecule has 0 aromatic rings. The largest absolute Gasteiger partial charge is 1.00 e. The Morgan fingerprint density at radius 2 is 1.12 bits per heavy atom. The van der Waals surface area contributed by atoms with Crippen molar-refractivity contribution in [3.05, 3.63) is 0 Å². The number of hydrogen-bond donors (Lipinski definition) is 1. The second kappa shape index (κ2) is 8.45. The van der Waals surface area contributed by atoms with Crippen molar-refractivity contribution in [2.45, 2.75) is 6.82 Å². The minimum Gasteiger partial charge on any atom is -0.449 e. The summed E-state index contributed by atoms with van der Waals surface area (Å²) in [4.78, 5) is 0. The molecule has 1 nitrogen and oxygen atoms in total. The molecule has 0 aliphatic heterocycles. The van der Waals surface area contributed by atoms with E-state index in [1.165, 1.54) is 0 Å². The predicted molar refractivity (Wildman–Crippen MR) is 23.1 cm³/mol. The third-order valence-corrected chi connectivity index (χ3v) is 0.